The van der Waals surface area contributed by atoms with Gasteiger partial charge in [-0.2, -0.15) is 0 Å². The number of aryl methyl sites for hydroxylation is 1. The monoisotopic (exact) mass is 312 g/mol. The third-order valence-corrected chi connectivity index (χ3v) is 4.14. The van der Waals surface area contributed by atoms with Crippen molar-refractivity contribution in [2.24, 2.45) is 0 Å². The molecule has 106 valence electrons. The van der Waals surface area contributed by atoms with Crippen molar-refractivity contribution in [2.75, 3.05) is 0 Å². The van der Waals surface area contributed by atoms with Crippen LogP contribution < -0.4 is 0 Å². The van der Waals surface area contributed by atoms with Crippen LogP contribution in [0.1, 0.15) is 25.7 Å². The summed E-state index contributed by atoms with van der Waals surface area (Å²) in [4.78, 5) is 10.9. The lowest BCUT2D eigenvalue weighted by molar-refractivity contribution is -0.384. The summed E-state index contributed by atoms with van der Waals surface area (Å²) in [6, 6.07) is 4.62. The summed E-state index contributed by atoms with van der Waals surface area (Å²) in [7, 11) is 0. The second-order valence-corrected chi connectivity index (χ2v) is 5.88. The van der Waals surface area contributed by atoms with Crippen molar-refractivity contribution in [1.29, 1.82) is 0 Å². The predicted molar refractivity (Wildman–Crippen MR) is 77.4 cm³/mol. The minimum absolute atomic E-state index is 0.0270. The molecule has 0 unspecified atom stereocenters. The Morgan fingerprint density at radius 3 is 2.65 bits per heavy atom. The first-order chi connectivity index (χ1) is 9.40. The second kappa shape index (κ2) is 5.80. The molecule has 1 aromatic heterocycles. The molecule has 0 aliphatic carbocycles. The molecule has 0 aliphatic heterocycles. The highest BCUT2D eigenvalue weighted by Crippen LogP contribution is 2.35. The SMILES string of the molecule is Cc1nnc(Sc2ccc([N+](=O)[O-])cc2Cl)n1C(C)C. The molecule has 6 nitrogen and oxygen atoms in total. The van der Waals surface area contributed by atoms with E-state index in [2.05, 4.69) is 10.2 Å². The van der Waals surface area contributed by atoms with Gasteiger partial charge >= 0.3 is 0 Å². The van der Waals surface area contributed by atoms with Crippen LogP contribution in [0.2, 0.25) is 5.02 Å². The van der Waals surface area contributed by atoms with Crippen LogP contribution in [0.3, 0.4) is 0 Å². The van der Waals surface area contributed by atoms with Crippen LogP contribution >= 0.6 is 23.4 Å². The molecule has 2 rings (SSSR count). The number of benzene rings is 1. The molecule has 0 spiro atoms. The summed E-state index contributed by atoms with van der Waals surface area (Å²) in [6.45, 7) is 5.96. The van der Waals surface area contributed by atoms with Crippen LogP contribution in [0.4, 0.5) is 5.69 Å². The quantitative estimate of drug-likeness (QED) is 0.632. The van der Waals surface area contributed by atoms with E-state index in [1.165, 1.54) is 23.9 Å². The zero-order valence-electron chi connectivity index (χ0n) is 11.2. The first-order valence-corrected chi connectivity index (χ1v) is 7.13. The zero-order chi connectivity index (χ0) is 14.9. The van der Waals surface area contributed by atoms with E-state index in [-0.39, 0.29) is 11.7 Å². The van der Waals surface area contributed by atoms with Crippen LogP contribution in [0.5, 0.6) is 0 Å². The number of rotatable bonds is 4. The molecule has 1 aromatic carbocycles. The van der Waals surface area contributed by atoms with Gasteiger partial charge in [0.15, 0.2) is 5.16 Å². The number of halogens is 1. The Hall–Kier alpha value is -1.60. The Bertz CT molecular complexity index is 657. The summed E-state index contributed by atoms with van der Waals surface area (Å²) in [6.07, 6.45) is 0. The zero-order valence-corrected chi connectivity index (χ0v) is 12.8. The molecule has 0 atom stereocenters. The van der Waals surface area contributed by atoms with Gasteiger partial charge in [0.1, 0.15) is 5.82 Å². The maximum absolute atomic E-state index is 10.7. The molecule has 8 heteroatoms. The van der Waals surface area contributed by atoms with E-state index in [0.29, 0.717) is 15.1 Å². The standard InChI is InChI=1S/C12H13ClN4O2S/c1-7(2)16-8(3)14-15-12(16)20-11-5-4-9(17(18)19)6-10(11)13/h4-7H,1-3H3. The van der Waals surface area contributed by atoms with E-state index >= 15 is 0 Å². The van der Waals surface area contributed by atoms with Gasteiger partial charge in [-0.25, -0.2) is 0 Å². The molecule has 2 aromatic rings. The lowest BCUT2D eigenvalue weighted by Gasteiger charge is -2.12. The molecule has 0 aliphatic rings. The predicted octanol–water partition coefficient (Wildman–Crippen LogP) is 3.88. The van der Waals surface area contributed by atoms with Crippen molar-refractivity contribution in [1.82, 2.24) is 14.8 Å². The minimum Gasteiger partial charge on any atom is -0.303 e. The number of nitrogens with zero attached hydrogens (tertiary/aromatic N) is 4. The van der Waals surface area contributed by atoms with Gasteiger partial charge in [0.2, 0.25) is 0 Å². The number of hydrogen-bond acceptors (Lipinski definition) is 5. The summed E-state index contributed by atoms with van der Waals surface area (Å²) in [5, 5.41) is 19.9. The van der Waals surface area contributed by atoms with Crippen LogP contribution in [-0.4, -0.2) is 19.7 Å². The number of non-ortho nitro benzene ring substituents is 1. The maximum atomic E-state index is 10.7. The topological polar surface area (TPSA) is 73.8 Å². The average Bonchev–Trinajstić information content (AvgIpc) is 2.72. The molecule has 1 heterocycles. The summed E-state index contributed by atoms with van der Waals surface area (Å²) in [5.41, 5.74) is -0.0270. The van der Waals surface area contributed by atoms with Crippen molar-refractivity contribution in [3.63, 3.8) is 0 Å². The minimum atomic E-state index is -0.471. The second-order valence-electron chi connectivity index (χ2n) is 4.47. The summed E-state index contributed by atoms with van der Waals surface area (Å²) in [5.74, 6) is 0.820. The van der Waals surface area contributed by atoms with Gasteiger partial charge in [0.25, 0.3) is 5.69 Å². The van der Waals surface area contributed by atoms with E-state index in [1.54, 1.807) is 6.07 Å². The van der Waals surface area contributed by atoms with Crippen LogP contribution in [0.25, 0.3) is 0 Å². The van der Waals surface area contributed by atoms with E-state index in [1.807, 2.05) is 25.3 Å². The molecule has 0 saturated carbocycles. The van der Waals surface area contributed by atoms with E-state index in [9.17, 15) is 10.1 Å². The van der Waals surface area contributed by atoms with Crippen LogP contribution in [0.15, 0.2) is 28.3 Å². The summed E-state index contributed by atoms with van der Waals surface area (Å²) >= 11 is 7.42. The first kappa shape index (κ1) is 14.8. The fraction of sp³-hybridized carbons (Fsp3) is 0.333. The van der Waals surface area contributed by atoms with E-state index in [0.717, 1.165) is 5.82 Å². The highest BCUT2D eigenvalue weighted by Gasteiger charge is 2.16. The number of nitro benzene ring substituents is 1. The van der Waals surface area contributed by atoms with Crippen molar-refractivity contribution in [3.8, 4) is 0 Å². The van der Waals surface area contributed by atoms with Crippen molar-refractivity contribution < 1.29 is 4.92 Å². The van der Waals surface area contributed by atoms with Gasteiger partial charge in [-0.15, -0.1) is 10.2 Å². The third-order valence-electron chi connectivity index (χ3n) is 2.68. The van der Waals surface area contributed by atoms with Crippen molar-refractivity contribution in [3.05, 3.63) is 39.2 Å². The Balaban J connectivity index is 2.33. The molecule has 0 amide bonds. The van der Waals surface area contributed by atoms with Gasteiger partial charge < -0.3 is 4.57 Å². The molecule has 0 saturated heterocycles. The highest BCUT2D eigenvalue weighted by atomic mass is 35.5. The van der Waals surface area contributed by atoms with Gasteiger partial charge in [-0.3, -0.25) is 10.1 Å². The molecule has 0 bridgehead atoms. The first-order valence-electron chi connectivity index (χ1n) is 5.93. The van der Waals surface area contributed by atoms with Crippen molar-refractivity contribution in [2.45, 2.75) is 36.9 Å². The van der Waals surface area contributed by atoms with E-state index < -0.39 is 4.92 Å². The summed E-state index contributed by atoms with van der Waals surface area (Å²) < 4.78 is 1.99. The Morgan fingerprint density at radius 2 is 2.10 bits per heavy atom. The van der Waals surface area contributed by atoms with Crippen LogP contribution in [0, 0.1) is 17.0 Å². The fourth-order valence-corrected chi connectivity index (χ4v) is 3.10. The third kappa shape index (κ3) is 2.94. The Kier molecular flexibility index (Phi) is 4.29. The maximum Gasteiger partial charge on any atom is 0.270 e. The van der Waals surface area contributed by atoms with Gasteiger partial charge in [-0.05, 0) is 38.6 Å². The number of hydrogen-bond donors (Lipinski definition) is 0. The molecular weight excluding hydrogens is 300 g/mol. The highest BCUT2D eigenvalue weighted by molar-refractivity contribution is 7.99. The van der Waals surface area contributed by atoms with E-state index in [4.69, 9.17) is 11.6 Å². The molecule has 0 radical (unpaired) electrons. The Morgan fingerprint density at radius 1 is 1.40 bits per heavy atom. The molecule has 20 heavy (non-hydrogen) atoms. The molecule has 0 fully saturated rings. The number of aromatic nitrogens is 3. The van der Waals surface area contributed by atoms with Crippen LogP contribution in [-0.2, 0) is 0 Å². The fourth-order valence-electron chi connectivity index (χ4n) is 1.80. The average molecular weight is 313 g/mol. The number of nitro groups is 1. The van der Waals surface area contributed by atoms with Gasteiger partial charge in [0.05, 0.1) is 9.95 Å². The van der Waals surface area contributed by atoms with Crippen molar-refractivity contribution >= 4 is 29.1 Å². The molecule has 0 N–H and O–H groups in total. The lowest BCUT2D eigenvalue weighted by atomic mass is 10.3. The smallest absolute Gasteiger partial charge is 0.270 e. The lowest BCUT2D eigenvalue weighted by Crippen LogP contribution is -2.04. The van der Waals surface area contributed by atoms with Gasteiger partial charge in [0, 0.05) is 23.1 Å². The largest absolute Gasteiger partial charge is 0.303 e. The Labute approximate surface area is 125 Å². The molecular formula is C12H13ClN4O2S. The normalized spacial score (nSPS) is 11.1. The van der Waals surface area contributed by atoms with Gasteiger partial charge in [-0.1, -0.05) is 11.6 Å².